The smallest absolute Gasteiger partial charge is 0.336 e. The van der Waals surface area contributed by atoms with Crippen LogP contribution in [0, 0.1) is 0 Å². The standard InChI is InChI=1S/C25H24O4/c1-18(2)28-23-15-9-19(17-24(23)27-3)10-16-25(26)29-22-13-11-21(12-14-22)20-7-5-4-6-8-20/h4-18H,1-3H3/b16-10+. The van der Waals surface area contributed by atoms with Crippen LogP contribution in [0.4, 0.5) is 0 Å². The molecule has 0 unspecified atom stereocenters. The van der Waals surface area contributed by atoms with Gasteiger partial charge in [0.25, 0.3) is 0 Å². The molecule has 0 spiro atoms. The zero-order chi connectivity index (χ0) is 20.6. The zero-order valence-electron chi connectivity index (χ0n) is 16.8. The van der Waals surface area contributed by atoms with Crippen molar-refractivity contribution in [3.63, 3.8) is 0 Å². The van der Waals surface area contributed by atoms with Crippen LogP contribution in [-0.2, 0) is 4.79 Å². The van der Waals surface area contributed by atoms with E-state index in [9.17, 15) is 4.79 Å². The molecule has 0 saturated carbocycles. The summed E-state index contributed by atoms with van der Waals surface area (Å²) in [5, 5.41) is 0. The second-order valence-electron chi connectivity index (χ2n) is 6.72. The highest BCUT2D eigenvalue weighted by atomic mass is 16.5. The third-order valence-corrected chi connectivity index (χ3v) is 4.14. The molecule has 0 aromatic heterocycles. The van der Waals surface area contributed by atoms with Crippen LogP contribution in [0.15, 0.2) is 78.9 Å². The van der Waals surface area contributed by atoms with Gasteiger partial charge in [-0.2, -0.15) is 0 Å². The maximum absolute atomic E-state index is 12.1. The van der Waals surface area contributed by atoms with Crippen molar-refractivity contribution in [3.05, 3.63) is 84.4 Å². The number of hydrogen-bond donors (Lipinski definition) is 0. The summed E-state index contributed by atoms with van der Waals surface area (Å²) in [4.78, 5) is 12.1. The third-order valence-electron chi connectivity index (χ3n) is 4.14. The SMILES string of the molecule is COc1cc(/C=C/C(=O)Oc2ccc(-c3ccccc3)cc2)ccc1OC(C)C. The van der Waals surface area contributed by atoms with Crippen LogP contribution in [0.2, 0.25) is 0 Å². The van der Waals surface area contributed by atoms with Crippen molar-refractivity contribution in [3.8, 4) is 28.4 Å². The van der Waals surface area contributed by atoms with Gasteiger partial charge in [-0.05, 0) is 60.9 Å². The van der Waals surface area contributed by atoms with Gasteiger partial charge >= 0.3 is 5.97 Å². The van der Waals surface area contributed by atoms with Crippen molar-refractivity contribution in [2.45, 2.75) is 20.0 Å². The van der Waals surface area contributed by atoms with Crippen LogP contribution in [0.25, 0.3) is 17.2 Å². The normalized spacial score (nSPS) is 10.9. The second kappa shape index (κ2) is 9.60. The van der Waals surface area contributed by atoms with Crippen molar-refractivity contribution in [1.82, 2.24) is 0 Å². The van der Waals surface area contributed by atoms with Crippen LogP contribution in [-0.4, -0.2) is 19.2 Å². The Bertz CT molecular complexity index is 973. The molecule has 3 aromatic carbocycles. The van der Waals surface area contributed by atoms with E-state index < -0.39 is 5.97 Å². The maximum atomic E-state index is 12.1. The molecule has 0 fully saturated rings. The number of carbonyl (C=O) groups excluding carboxylic acids is 1. The Hall–Kier alpha value is -3.53. The molecule has 0 heterocycles. The Kier molecular flexibility index (Phi) is 6.69. The Morgan fingerprint density at radius 1 is 0.862 bits per heavy atom. The molecule has 0 atom stereocenters. The van der Waals surface area contributed by atoms with Crippen molar-refractivity contribution in [1.29, 1.82) is 0 Å². The number of carbonyl (C=O) groups is 1. The summed E-state index contributed by atoms with van der Waals surface area (Å²) in [6, 6.07) is 23.0. The topological polar surface area (TPSA) is 44.8 Å². The summed E-state index contributed by atoms with van der Waals surface area (Å²) < 4.78 is 16.4. The summed E-state index contributed by atoms with van der Waals surface area (Å²) in [5.41, 5.74) is 3.00. The van der Waals surface area contributed by atoms with Crippen molar-refractivity contribution < 1.29 is 19.0 Å². The number of hydrogen-bond acceptors (Lipinski definition) is 4. The van der Waals surface area contributed by atoms with Gasteiger partial charge in [0.2, 0.25) is 0 Å². The molecule has 0 aliphatic rings. The van der Waals surface area contributed by atoms with E-state index in [4.69, 9.17) is 14.2 Å². The van der Waals surface area contributed by atoms with Crippen LogP contribution in [0.1, 0.15) is 19.4 Å². The Morgan fingerprint density at radius 2 is 1.55 bits per heavy atom. The fourth-order valence-electron chi connectivity index (χ4n) is 2.80. The van der Waals surface area contributed by atoms with Crippen molar-refractivity contribution in [2.75, 3.05) is 7.11 Å². The van der Waals surface area contributed by atoms with Gasteiger partial charge in [-0.3, -0.25) is 0 Å². The molecule has 0 aliphatic heterocycles. The Morgan fingerprint density at radius 3 is 2.21 bits per heavy atom. The molecule has 0 aliphatic carbocycles. The molecule has 0 amide bonds. The molecule has 0 saturated heterocycles. The van der Waals surface area contributed by atoms with E-state index in [1.165, 1.54) is 6.08 Å². The van der Waals surface area contributed by atoms with Gasteiger partial charge < -0.3 is 14.2 Å². The van der Waals surface area contributed by atoms with E-state index >= 15 is 0 Å². The van der Waals surface area contributed by atoms with Crippen LogP contribution in [0.3, 0.4) is 0 Å². The minimum atomic E-state index is -0.445. The Balaban J connectivity index is 1.63. The largest absolute Gasteiger partial charge is 0.493 e. The van der Waals surface area contributed by atoms with Gasteiger partial charge in [-0.15, -0.1) is 0 Å². The Labute approximate surface area is 171 Å². The summed E-state index contributed by atoms with van der Waals surface area (Å²) in [6.07, 6.45) is 3.12. The first-order valence-corrected chi connectivity index (χ1v) is 9.45. The van der Waals surface area contributed by atoms with Gasteiger partial charge in [0.15, 0.2) is 11.5 Å². The van der Waals surface area contributed by atoms with Crippen LogP contribution in [0.5, 0.6) is 17.2 Å². The minimum absolute atomic E-state index is 0.0496. The van der Waals surface area contributed by atoms with Gasteiger partial charge in [0.05, 0.1) is 13.2 Å². The maximum Gasteiger partial charge on any atom is 0.336 e. The lowest BCUT2D eigenvalue weighted by Crippen LogP contribution is -2.06. The number of rotatable bonds is 7. The van der Waals surface area contributed by atoms with Gasteiger partial charge in [0.1, 0.15) is 5.75 Å². The highest BCUT2D eigenvalue weighted by Crippen LogP contribution is 2.29. The van der Waals surface area contributed by atoms with Gasteiger partial charge in [-0.1, -0.05) is 48.5 Å². The minimum Gasteiger partial charge on any atom is -0.493 e. The van der Waals surface area contributed by atoms with Crippen molar-refractivity contribution in [2.24, 2.45) is 0 Å². The number of benzene rings is 3. The van der Waals surface area contributed by atoms with E-state index in [1.807, 2.05) is 74.5 Å². The molecule has 0 N–H and O–H groups in total. The lowest BCUT2D eigenvalue weighted by Gasteiger charge is -2.13. The molecule has 4 nitrogen and oxygen atoms in total. The first-order valence-electron chi connectivity index (χ1n) is 9.45. The molecular formula is C25H24O4. The average molecular weight is 388 g/mol. The monoisotopic (exact) mass is 388 g/mol. The molecule has 29 heavy (non-hydrogen) atoms. The van der Waals surface area contributed by atoms with E-state index in [2.05, 4.69) is 0 Å². The molecule has 148 valence electrons. The quantitative estimate of drug-likeness (QED) is 0.293. The lowest BCUT2D eigenvalue weighted by molar-refractivity contribution is -0.128. The molecule has 3 aromatic rings. The third kappa shape index (κ3) is 5.72. The number of ether oxygens (including phenoxy) is 3. The summed E-state index contributed by atoms with van der Waals surface area (Å²) in [5.74, 6) is 1.34. The summed E-state index contributed by atoms with van der Waals surface area (Å²) >= 11 is 0. The molecular weight excluding hydrogens is 364 g/mol. The summed E-state index contributed by atoms with van der Waals surface area (Å²) in [6.45, 7) is 3.91. The zero-order valence-corrected chi connectivity index (χ0v) is 16.8. The summed E-state index contributed by atoms with van der Waals surface area (Å²) in [7, 11) is 1.59. The predicted octanol–water partition coefficient (Wildman–Crippen LogP) is 5.77. The average Bonchev–Trinajstić information content (AvgIpc) is 2.74. The first kappa shape index (κ1) is 20.2. The van der Waals surface area contributed by atoms with Crippen LogP contribution < -0.4 is 14.2 Å². The second-order valence-corrected chi connectivity index (χ2v) is 6.72. The number of methoxy groups -OCH3 is 1. The molecule has 0 bridgehead atoms. The van der Waals surface area contributed by atoms with E-state index in [1.54, 1.807) is 25.3 Å². The van der Waals surface area contributed by atoms with E-state index in [-0.39, 0.29) is 6.10 Å². The fourth-order valence-corrected chi connectivity index (χ4v) is 2.80. The van der Waals surface area contributed by atoms with E-state index in [0.29, 0.717) is 17.2 Å². The highest BCUT2D eigenvalue weighted by molar-refractivity contribution is 5.89. The van der Waals surface area contributed by atoms with Gasteiger partial charge in [0, 0.05) is 6.08 Å². The predicted molar refractivity (Wildman–Crippen MR) is 115 cm³/mol. The highest BCUT2D eigenvalue weighted by Gasteiger charge is 2.07. The number of esters is 1. The van der Waals surface area contributed by atoms with Crippen LogP contribution >= 0.6 is 0 Å². The molecule has 4 heteroatoms. The molecule has 3 rings (SSSR count). The first-order chi connectivity index (χ1) is 14.0. The van der Waals surface area contributed by atoms with Crippen molar-refractivity contribution >= 4 is 12.0 Å². The fraction of sp³-hybridized carbons (Fsp3) is 0.160. The lowest BCUT2D eigenvalue weighted by atomic mass is 10.1. The van der Waals surface area contributed by atoms with Gasteiger partial charge in [-0.25, -0.2) is 4.79 Å². The van der Waals surface area contributed by atoms with E-state index in [0.717, 1.165) is 16.7 Å². The molecule has 0 radical (unpaired) electrons.